The van der Waals surface area contributed by atoms with Crippen molar-refractivity contribution in [1.82, 2.24) is 4.90 Å². The highest BCUT2D eigenvalue weighted by atomic mass is 79.9. The first kappa shape index (κ1) is 16.6. The molecule has 0 spiro atoms. The predicted octanol–water partition coefficient (Wildman–Crippen LogP) is 3.20. The van der Waals surface area contributed by atoms with E-state index in [9.17, 15) is 0 Å². The van der Waals surface area contributed by atoms with Gasteiger partial charge in [0.1, 0.15) is 0 Å². The molecule has 0 radical (unpaired) electrons. The maximum atomic E-state index is 6.07. The summed E-state index contributed by atoms with van der Waals surface area (Å²) in [4.78, 5) is 2.46. The first-order chi connectivity index (χ1) is 10.1. The third-order valence-electron chi connectivity index (χ3n) is 4.12. The van der Waals surface area contributed by atoms with Crippen molar-refractivity contribution in [3.8, 4) is 11.5 Å². The van der Waals surface area contributed by atoms with Crippen LogP contribution in [0.5, 0.6) is 11.5 Å². The lowest BCUT2D eigenvalue weighted by molar-refractivity contribution is 0.202. The van der Waals surface area contributed by atoms with E-state index in [4.69, 9.17) is 15.2 Å². The largest absolute Gasteiger partial charge is 0.493 e. The number of halogens is 1. The zero-order valence-corrected chi connectivity index (χ0v) is 14.6. The third-order valence-corrected chi connectivity index (χ3v) is 4.81. The summed E-state index contributed by atoms with van der Waals surface area (Å²) in [5, 5.41) is 0. The van der Waals surface area contributed by atoms with Crippen molar-refractivity contribution in [3.05, 3.63) is 22.2 Å². The van der Waals surface area contributed by atoms with Crippen molar-refractivity contribution in [2.45, 2.75) is 25.8 Å². The second kappa shape index (κ2) is 7.47. The lowest BCUT2D eigenvalue weighted by Crippen LogP contribution is -2.35. The van der Waals surface area contributed by atoms with Gasteiger partial charge in [-0.15, -0.1) is 0 Å². The number of hydrogen-bond acceptors (Lipinski definition) is 4. The van der Waals surface area contributed by atoms with Crippen LogP contribution in [0.1, 0.15) is 31.4 Å². The van der Waals surface area contributed by atoms with Gasteiger partial charge in [-0.25, -0.2) is 0 Å². The van der Waals surface area contributed by atoms with Crippen LogP contribution < -0.4 is 15.2 Å². The van der Waals surface area contributed by atoms with Gasteiger partial charge in [-0.2, -0.15) is 0 Å². The van der Waals surface area contributed by atoms with E-state index in [1.165, 1.54) is 12.8 Å². The molecule has 1 aromatic carbocycles. The van der Waals surface area contributed by atoms with Crippen LogP contribution in [0.2, 0.25) is 0 Å². The summed E-state index contributed by atoms with van der Waals surface area (Å²) in [6, 6.07) is 4.20. The van der Waals surface area contributed by atoms with E-state index in [1.54, 1.807) is 14.2 Å². The average molecular weight is 357 g/mol. The van der Waals surface area contributed by atoms with Gasteiger partial charge in [-0.05, 0) is 43.0 Å². The lowest BCUT2D eigenvalue weighted by Gasteiger charge is -2.31. The molecule has 4 nitrogen and oxygen atoms in total. The van der Waals surface area contributed by atoms with E-state index in [1.807, 2.05) is 12.1 Å². The van der Waals surface area contributed by atoms with Gasteiger partial charge in [0.25, 0.3) is 0 Å². The fourth-order valence-electron chi connectivity index (χ4n) is 2.71. The van der Waals surface area contributed by atoms with Gasteiger partial charge in [-0.3, -0.25) is 4.90 Å². The molecule has 1 aromatic rings. The summed E-state index contributed by atoms with van der Waals surface area (Å²) in [6.07, 6.45) is 2.70. The van der Waals surface area contributed by atoms with Crippen LogP contribution in [0.3, 0.4) is 0 Å². The molecular weight excluding hydrogens is 332 g/mol. The second-order valence-corrected chi connectivity index (χ2v) is 6.37. The van der Waals surface area contributed by atoms with Gasteiger partial charge < -0.3 is 15.2 Å². The highest BCUT2D eigenvalue weighted by Gasteiger charge is 2.29. The number of nitrogens with two attached hydrogens (primary N) is 1. The quantitative estimate of drug-likeness (QED) is 0.776. The summed E-state index contributed by atoms with van der Waals surface area (Å²) in [5.74, 6) is 2.32. The number of benzene rings is 1. The summed E-state index contributed by atoms with van der Waals surface area (Å²) < 4.78 is 11.8. The fraction of sp³-hybridized carbons (Fsp3) is 0.625. The summed E-state index contributed by atoms with van der Waals surface area (Å²) in [6.45, 7) is 4.91. The molecule has 5 heteroatoms. The third kappa shape index (κ3) is 3.90. The Labute approximate surface area is 135 Å². The normalized spacial score (nSPS) is 16.1. The van der Waals surface area contributed by atoms with Crippen LogP contribution >= 0.6 is 15.9 Å². The van der Waals surface area contributed by atoms with Crippen molar-refractivity contribution in [3.63, 3.8) is 0 Å². The van der Waals surface area contributed by atoms with Crippen LogP contribution in [0.15, 0.2) is 16.6 Å². The molecule has 2 N–H and O–H groups in total. The average Bonchev–Trinajstić information content (AvgIpc) is 3.31. The summed E-state index contributed by atoms with van der Waals surface area (Å²) in [5.41, 5.74) is 7.24. The van der Waals surface area contributed by atoms with Crippen molar-refractivity contribution in [2.24, 2.45) is 11.7 Å². The Balaban J connectivity index is 2.31. The Kier molecular flexibility index (Phi) is 5.90. The van der Waals surface area contributed by atoms with Crippen LogP contribution in [0.25, 0.3) is 0 Å². The molecular formula is C16H25BrN2O2. The smallest absolute Gasteiger partial charge is 0.161 e. The van der Waals surface area contributed by atoms with Gasteiger partial charge in [0.05, 0.1) is 14.2 Å². The Hall–Kier alpha value is -0.780. The number of likely N-dealkylation sites (N-methyl/N-ethyl adjacent to an activating group) is 1. The Morgan fingerprint density at radius 3 is 2.38 bits per heavy atom. The molecule has 0 aromatic heterocycles. The number of methoxy groups -OCH3 is 2. The molecule has 0 bridgehead atoms. The molecule has 1 aliphatic rings. The zero-order valence-electron chi connectivity index (χ0n) is 13.1. The van der Waals surface area contributed by atoms with E-state index in [2.05, 4.69) is 27.8 Å². The minimum Gasteiger partial charge on any atom is -0.493 e. The molecule has 1 atom stereocenters. The van der Waals surface area contributed by atoms with E-state index in [-0.39, 0.29) is 6.04 Å². The zero-order chi connectivity index (χ0) is 15.4. The number of rotatable bonds is 8. The first-order valence-electron chi connectivity index (χ1n) is 7.50. The van der Waals surface area contributed by atoms with Crippen LogP contribution in [0, 0.1) is 5.92 Å². The number of hydrogen-bond donors (Lipinski definition) is 1. The number of nitrogens with zero attached hydrogens (tertiary/aromatic N) is 1. The van der Waals surface area contributed by atoms with Crippen molar-refractivity contribution < 1.29 is 9.47 Å². The highest BCUT2D eigenvalue weighted by molar-refractivity contribution is 9.10. The van der Waals surface area contributed by atoms with Gasteiger partial charge >= 0.3 is 0 Å². The van der Waals surface area contributed by atoms with Crippen LogP contribution in [-0.4, -0.2) is 38.8 Å². The fourth-order valence-corrected chi connectivity index (χ4v) is 3.29. The van der Waals surface area contributed by atoms with Crippen LogP contribution in [0.4, 0.5) is 0 Å². The molecule has 118 valence electrons. The minimum atomic E-state index is 0.199. The number of ether oxygens (including phenoxy) is 2. The topological polar surface area (TPSA) is 47.7 Å². The van der Waals surface area contributed by atoms with Crippen LogP contribution in [-0.2, 0) is 0 Å². The van der Waals surface area contributed by atoms with Gasteiger partial charge in [-0.1, -0.05) is 22.9 Å². The lowest BCUT2D eigenvalue weighted by atomic mass is 10.0. The molecule has 0 saturated heterocycles. The van der Waals surface area contributed by atoms with Crippen molar-refractivity contribution >= 4 is 15.9 Å². The SMILES string of the molecule is CCN(CC1CC1)C(CN)c1cc(OC)c(OC)cc1Br. The summed E-state index contributed by atoms with van der Waals surface area (Å²) >= 11 is 3.65. The predicted molar refractivity (Wildman–Crippen MR) is 89.0 cm³/mol. The minimum absolute atomic E-state index is 0.199. The molecule has 2 rings (SSSR count). The molecule has 0 aliphatic heterocycles. The van der Waals surface area contributed by atoms with Gasteiger partial charge in [0.15, 0.2) is 11.5 Å². The first-order valence-corrected chi connectivity index (χ1v) is 8.29. The molecule has 0 amide bonds. The van der Waals surface area contributed by atoms with Crippen molar-refractivity contribution in [2.75, 3.05) is 33.9 Å². The maximum absolute atomic E-state index is 6.07. The van der Waals surface area contributed by atoms with E-state index >= 15 is 0 Å². The molecule has 1 aliphatic carbocycles. The second-order valence-electron chi connectivity index (χ2n) is 5.51. The molecule has 1 fully saturated rings. The molecule has 21 heavy (non-hydrogen) atoms. The Bertz CT molecular complexity index is 478. The Morgan fingerprint density at radius 2 is 1.90 bits per heavy atom. The molecule has 1 unspecified atom stereocenters. The van der Waals surface area contributed by atoms with Gasteiger partial charge in [0, 0.05) is 23.6 Å². The van der Waals surface area contributed by atoms with Crippen molar-refractivity contribution in [1.29, 1.82) is 0 Å². The highest BCUT2D eigenvalue weighted by Crippen LogP contribution is 2.39. The molecule has 1 saturated carbocycles. The van der Waals surface area contributed by atoms with E-state index < -0.39 is 0 Å². The molecule has 0 heterocycles. The van der Waals surface area contributed by atoms with E-state index in [0.717, 1.165) is 40.5 Å². The summed E-state index contributed by atoms with van der Waals surface area (Å²) in [7, 11) is 3.31. The Morgan fingerprint density at radius 1 is 1.29 bits per heavy atom. The van der Waals surface area contributed by atoms with E-state index in [0.29, 0.717) is 6.54 Å². The maximum Gasteiger partial charge on any atom is 0.161 e. The standard InChI is InChI=1S/C16H25BrN2O2/c1-4-19(10-11-5-6-11)14(9-18)12-7-15(20-2)16(21-3)8-13(12)17/h7-8,11,14H,4-6,9-10,18H2,1-3H3. The van der Waals surface area contributed by atoms with Gasteiger partial charge in [0.2, 0.25) is 0 Å². The monoisotopic (exact) mass is 356 g/mol.